The minimum atomic E-state index is -0.504. The van der Waals surface area contributed by atoms with Crippen molar-refractivity contribution in [2.24, 2.45) is 0 Å². The van der Waals surface area contributed by atoms with Crippen molar-refractivity contribution >= 4 is 35.2 Å². The molecule has 0 aliphatic heterocycles. The molecule has 2 aromatic rings. The summed E-state index contributed by atoms with van der Waals surface area (Å²) in [5.74, 6) is 0.128. The van der Waals surface area contributed by atoms with E-state index in [4.69, 9.17) is 27.9 Å². The highest BCUT2D eigenvalue weighted by Crippen LogP contribution is 2.27. The summed E-state index contributed by atoms with van der Waals surface area (Å²) in [6.45, 7) is 8.07. The number of unbranched alkanes of at least 4 members (excludes halogenated alkanes) is 2. The average Bonchev–Trinajstić information content (AvgIpc) is 2.75. The van der Waals surface area contributed by atoms with Crippen molar-refractivity contribution in [1.82, 2.24) is 10.6 Å². The molecular weight excluding hydrogens is 471 g/mol. The zero-order chi connectivity index (χ0) is 25.1. The summed E-state index contributed by atoms with van der Waals surface area (Å²) in [4.78, 5) is 24.3. The van der Waals surface area contributed by atoms with E-state index in [9.17, 15) is 9.59 Å². The average molecular weight is 508 g/mol. The molecule has 0 radical (unpaired) electrons. The third kappa shape index (κ3) is 10.8. The predicted octanol–water partition coefficient (Wildman–Crippen LogP) is 6.91. The number of carbonyl (C=O) groups is 2. The molecule has 0 aromatic heterocycles. The Labute approximate surface area is 213 Å². The van der Waals surface area contributed by atoms with E-state index in [-0.39, 0.29) is 17.9 Å². The van der Waals surface area contributed by atoms with Gasteiger partial charge in [-0.15, -0.1) is 0 Å². The van der Waals surface area contributed by atoms with Crippen LogP contribution in [0, 0.1) is 0 Å². The lowest BCUT2D eigenvalue weighted by Crippen LogP contribution is -2.37. The second-order valence-corrected chi connectivity index (χ2v) is 10.5. The van der Waals surface area contributed by atoms with E-state index < -0.39 is 11.7 Å². The van der Waals surface area contributed by atoms with Crippen LogP contribution < -0.4 is 10.6 Å². The van der Waals surface area contributed by atoms with Gasteiger partial charge >= 0.3 is 6.09 Å². The van der Waals surface area contributed by atoms with E-state index in [0.717, 1.165) is 36.8 Å². The SMILES string of the molecule is CC(NC(=O)CCCCCNC(=O)OC(C)(C)C)C(Cc1ccc(Cl)cc1)c1ccc(Cl)cc1. The summed E-state index contributed by atoms with van der Waals surface area (Å²) in [6, 6.07) is 15.5. The van der Waals surface area contributed by atoms with Crippen LogP contribution in [-0.2, 0) is 16.0 Å². The summed E-state index contributed by atoms with van der Waals surface area (Å²) in [7, 11) is 0. The first kappa shape index (κ1) is 28.0. The van der Waals surface area contributed by atoms with Crippen molar-refractivity contribution < 1.29 is 14.3 Å². The van der Waals surface area contributed by atoms with Crippen molar-refractivity contribution in [3.63, 3.8) is 0 Å². The highest BCUT2D eigenvalue weighted by atomic mass is 35.5. The van der Waals surface area contributed by atoms with Crippen molar-refractivity contribution in [3.8, 4) is 0 Å². The summed E-state index contributed by atoms with van der Waals surface area (Å²) in [5, 5.41) is 7.31. The van der Waals surface area contributed by atoms with E-state index >= 15 is 0 Å². The lowest BCUT2D eigenvalue weighted by Gasteiger charge is -2.26. The molecule has 2 rings (SSSR count). The van der Waals surface area contributed by atoms with Crippen LogP contribution in [0.3, 0.4) is 0 Å². The normalized spacial score (nSPS) is 13.1. The lowest BCUT2D eigenvalue weighted by atomic mass is 9.86. The van der Waals surface area contributed by atoms with Crippen molar-refractivity contribution in [3.05, 3.63) is 69.7 Å². The molecule has 0 saturated carbocycles. The van der Waals surface area contributed by atoms with E-state index in [1.165, 1.54) is 0 Å². The number of alkyl carbamates (subject to hydrolysis) is 1. The van der Waals surface area contributed by atoms with Gasteiger partial charge in [0.15, 0.2) is 0 Å². The Kier molecular flexibility index (Phi) is 11.2. The van der Waals surface area contributed by atoms with Gasteiger partial charge in [-0.25, -0.2) is 4.79 Å². The third-order valence-electron chi connectivity index (χ3n) is 5.41. The molecule has 186 valence electrons. The van der Waals surface area contributed by atoms with Gasteiger partial charge < -0.3 is 15.4 Å². The van der Waals surface area contributed by atoms with Gasteiger partial charge in [0, 0.05) is 35.0 Å². The zero-order valence-electron chi connectivity index (χ0n) is 20.5. The number of hydrogen-bond acceptors (Lipinski definition) is 3. The number of halogens is 2. The molecular formula is C27H36Cl2N2O3. The van der Waals surface area contributed by atoms with Gasteiger partial charge in [0.25, 0.3) is 0 Å². The molecule has 34 heavy (non-hydrogen) atoms. The fraction of sp³-hybridized carbons (Fsp3) is 0.481. The molecule has 2 unspecified atom stereocenters. The van der Waals surface area contributed by atoms with Crippen LogP contribution in [-0.4, -0.2) is 30.2 Å². The number of rotatable bonds is 11. The molecule has 2 atom stereocenters. The predicted molar refractivity (Wildman–Crippen MR) is 140 cm³/mol. The quantitative estimate of drug-likeness (QED) is 0.325. The third-order valence-corrected chi connectivity index (χ3v) is 5.91. The highest BCUT2D eigenvalue weighted by molar-refractivity contribution is 6.30. The number of ether oxygens (including phenoxy) is 1. The molecule has 2 amide bonds. The highest BCUT2D eigenvalue weighted by Gasteiger charge is 2.22. The molecule has 0 heterocycles. The van der Waals surface area contributed by atoms with Gasteiger partial charge in [-0.05, 0) is 82.3 Å². The van der Waals surface area contributed by atoms with Crippen LogP contribution >= 0.6 is 23.2 Å². The van der Waals surface area contributed by atoms with E-state index in [1.807, 2.05) is 76.2 Å². The Morgan fingerprint density at radius 1 is 0.912 bits per heavy atom. The van der Waals surface area contributed by atoms with E-state index in [0.29, 0.717) is 23.0 Å². The van der Waals surface area contributed by atoms with Crippen LogP contribution in [0.15, 0.2) is 48.5 Å². The van der Waals surface area contributed by atoms with Crippen LogP contribution in [0.5, 0.6) is 0 Å². The van der Waals surface area contributed by atoms with Gasteiger partial charge in [-0.1, -0.05) is 53.9 Å². The smallest absolute Gasteiger partial charge is 0.407 e. The summed E-state index contributed by atoms with van der Waals surface area (Å²) >= 11 is 12.1. The van der Waals surface area contributed by atoms with Gasteiger partial charge in [-0.2, -0.15) is 0 Å². The summed E-state index contributed by atoms with van der Waals surface area (Å²) in [6.07, 6.45) is 3.22. The molecule has 5 nitrogen and oxygen atoms in total. The second-order valence-electron chi connectivity index (χ2n) is 9.58. The van der Waals surface area contributed by atoms with Gasteiger partial charge in [-0.3, -0.25) is 4.79 Å². The maximum Gasteiger partial charge on any atom is 0.407 e. The van der Waals surface area contributed by atoms with Crippen LogP contribution in [0.4, 0.5) is 4.79 Å². The maximum atomic E-state index is 12.6. The van der Waals surface area contributed by atoms with Gasteiger partial charge in [0.2, 0.25) is 5.91 Å². The number of benzene rings is 2. The molecule has 0 bridgehead atoms. The van der Waals surface area contributed by atoms with Gasteiger partial charge in [0.05, 0.1) is 0 Å². The number of nitrogens with one attached hydrogen (secondary N) is 2. The topological polar surface area (TPSA) is 67.4 Å². The maximum absolute atomic E-state index is 12.6. The minimum absolute atomic E-state index is 0.0303. The fourth-order valence-corrected chi connectivity index (χ4v) is 3.94. The largest absolute Gasteiger partial charge is 0.444 e. The fourth-order valence-electron chi connectivity index (χ4n) is 3.69. The standard InChI is InChI=1S/C27H36Cl2N2O3/c1-19(31-25(32)8-6-5-7-17-30-26(33)34-27(2,3)4)24(21-11-15-23(29)16-12-21)18-20-9-13-22(28)14-10-20/h9-16,19,24H,5-8,17-18H2,1-4H3,(H,30,33)(H,31,32). The molecule has 7 heteroatoms. The first-order valence-electron chi connectivity index (χ1n) is 11.8. The number of carbonyl (C=O) groups excluding carboxylic acids is 2. The second kappa shape index (κ2) is 13.6. The van der Waals surface area contributed by atoms with Crippen molar-refractivity contribution in [2.45, 2.75) is 77.4 Å². The summed E-state index contributed by atoms with van der Waals surface area (Å²) < 4.78 is 5.21. The molecule has 0 saturated heterocycles. The monoisotopic (exact) mass is 506 g/mol. The van der Waals surface area contributed by atoms with E-state index in [1.54, 1.807) is 0 Å². The van der Waals surface area contributed by atoms with Crippen molar-refractivity contribution in [1.29, 1.82) is 0 Å². The Morgan fingerprint density at radius 3 is 2.09 bits per heavy atom. The summed E-state index contributed by atoms with van der Waals surface area (Å²) in [5.41, 5.74) is 1.78. The van der Waals surface area contributed by atoms with Gasteiger partial charge in [0.1, 0.15) is 5.60 Å². The Hall–Kier alpha value is -2.24. The molecule has 2 aromatic carbocycles. The molecule has 0 aliphatic rings. The lowest BCUT2D eigenvalue weighted by molar-refractivity contribution is -0.122. The van der Waals surface area contributed by atoms with Crippen molar-refractivity contribution in [2.75, 3.05) is 6.54 Å². The molecule has 0 spiro atoms. The molecule has 2 N–H and O–H groups in total. The molecule has 0 fully saturated rings. The first-order chi connectivity index (χ1) is 16.0. The van der Waals surface area contributed by atoms with Crippen LogP contribution in [0.25, 0.3) is 0 Å². The molecule has 0 aliphatic carbocycles. The van der Waals surface area contributed by atoms with E-state index in [2.05, 4.69) is 10.6 Å². The minimum Gasteiger partial charge on any atom is -0.444 e. The Bertz CT molecular complexity index is 909. The number of hydrogen-bond donors (Lipinski definition) is 2. The first-order valence-corrected chi connectivity index (χ1v) is 12.6. The Balaban J connectivity index is 1.82. The zero-order valence-corrected chi connectivity index (χ0v) is 22.0. The van der Waals surface area contributed by atoms with Crippen LogP contribution in [0.2, 0.25) is 10.0 Å². The Morgan fingerprint density at radius 2 is 1.50 bits per heavy atom. The van der Waals surface area contributed by atoms with Crippen LogP contribution in [0.1, 0.15) is 70.4 Å². The number of amides is 2.